The molecule has 1 N–H and O–H groups in total. The summed E-state index contributed by atoms with van der Waals surface area (Å²) in [6.07, 6.45) is 0. The zero-order valence-electron chi connectivity index (χ0n) is 10.6. The average molecular weight is 301 g/mol. The Balaban J connectivity index is 2.45. The minimum atomic E-state index is -0.529. The number of piperazine rings is 1. The molecule has 4 nitrogen and oxygen atoms in total. The predicted molar refractivity (Wildman–Crippen MR) is 75.6 cm³/mol. The molecule has 1 unspecified atom stereocenters. The second kappa shape index (κ2) is 5.39. The number of carbonyl (C=O) groups is 2. The zero-order valence-corrected chi connectivity index (χ0v) is 12.1. The summed E-state index contributed by atoms with van der Waals surface area (Å²) in [5.74, 6) is -0.309. The van der Waals surface area contributed by atoms with E-state index >= 15 is 0 Å². The molecule has 2 amide bonds. The number of hydrogen-bond acceptors (Lipinski definition) is 2. The summed E-state index contributed by atoms with van der Waals surface area (Å²) in [7, 11) is 0. The van der Waals surface area contributed by atoms with Crippen LogP contribution in [0, 0.1) is 5.92 Å². The van der Waals surface area contributed by atoms with Crippen LogP contribution in [0.5, 0.6) is 0 Å². The second-order valence-corrected chi connectivity index (χ2v) is 5.58. The van der Waals surface area contributed by atoms with Gasteiger partial charge in [-0.3, -0.25) is 14.5 Å². The molecule has 0 aromatic heterocycles. The minimum absolute atomic E-state index is 0.00120. The maximum atomic E-state index is 12.1. The van der Waals surface area contributed by atoms with Crippen LogP contribution < -0.4 is 10.2 Å². The van der Waals surface area contributed by atoms with Crippen LogP contribution in [0.2, 0.25) is 10.0 Å². The van der Waals surface area contributed by atoms with Gasteiger partial charge in [0.05, 0.1) is 16.6 Å². The topological polar surface area (TPSA) is 49.4 Å². The largest absolute Gasteiger partial charge is 0.345 e. The van der Waals surface area contributed by atoms with Crippen molar-refractivity contribution in [3.63, 3.8) is 0 Å². The van der Waals surface area contributed by atoms with Gasteiger partial charge in [-0.2, -0.15) is 0 Å². The lowest BCUT2D eigenvalue weighted by Crippen LogP contribution is -2.60. The van der Waals surface area contributed by atoms with Crippen molar-refractivity contribution in [3.05, 3.63) is 28.2 Å². The molecule has 19 heavy (non-hydrogen) atoms. The van der Waals surface area contributed by atoms with E-state index in [0.717, 1.165) is 0 Å². The van der Waals surface area contributed by atoms with Gasteiger partial charge in [-0.15, -0.1) is 0 Å². The Hall–Kier alpha value is -1.26. The van der Waals surface area contributed by atoms with Crippen molar-refractivity contribution in [2.75, 3.05) is 11.4 Å². The van der Waals surface area contributed by atoms with Crippen molar-refractivity contribution in [1.82, 2.24) is 5.32 Å². The number of halogens is 2. The molecule has 0 aliphatic carbocycles. The first-order valence-corrected chi connectivity index (χ1v) is 6.72. The maximum Gasteiger partial charge on any atom is 0.247 e. The normalized spacial score (nSPS) is 19.8. The summed E-state index contributed by atoms with van der Waals surface area (Å²) in [6.45, 7) is 3.79. The number of nitrogens with zero attached hydrogens (tertiary/aromatic N) is 1. The smallest absolute Gasteiger partial charge is 0.247 e. The van der Waals surface area contributed by atoms with E-state index in [2.05, 4.69) is 5.32 Å². The van der Waals surface area contributed by atoms with E-state index in [-0.39, 0.29) is 24.3 Å². The standard InChI is InChI=1S/C13H14Cl2N2O2/c1-7(2)12-13(19)16-6-11(18)17(12)8-3-4-9(14)10(15)5-8/h3-5,7,12H,6H2,1-2H3,(H,16,19). The van der Waals surface area contributed by atoms with E-state index in [1.54, 1.807) is 18.2 Å². The van der Waals surface area contributed by atoms with Gasteiger partial charge in [0, 0.05) is 5.69 Å². The SMILES string of the molecule is CC(C)C1C(=O)NCC(=O)N1c1ccc(Cl)c(Cl)c1. The molecule has 102 valence electrons. The van der Waals surface area contributed by atoms with Crippen molar-refractivity contribution in [3.8, 4) is 0 Å². The molecule has 1 aliphatic heterocycles. The molecular formula is C13H14Cl2N2O2. The van der Waals surface area contributed by atoms with E-state index in [1.165, 1.54) is 4.90 Å². The second-order valence-electron chi connectivity index (χ2n) is 4.77. The first-order valence-electron chi connectivity index (χ1n) is 5.96. The highest BCUT2D eigenvalue weighted by atomic mass is 35.5. The summed E-state index contributed by atoms with van der Waals surface area (Å²) in [4.78, 5) is 25.5. The fourth-order valence-electron chi connectivity index (χ4n) is 2.17. The Kier molecular flexibility index (Phi) is 4.02. The zero-order chi connectivity index (χ0) is 14.2. The van der Waals surface area contributed by atoms with E-state index < -0.39 is 6.04 Å². The number of amides is 2. The first-order chi connectivity index (χ1) is 8.91. The van der Waals surface area contributed by atoms with Crippen LogP contribution in [0.15, 0.2) is 18.2 Å². The molecule has 1 aliphatic rings. The molecule has 1 heterocycles. The average Bonchev–Trinajstić information content (AvgIpc) is 2.35. The highest BCUT2D eigenvalue weighted by Crippen LogP contribution is 2.30. The molecule has 1 aromatic carbocycles. The van der Waals surface area contributed by atoms with Crippen LogP contribution in [0.4, 0.5) is 5.69 Å². The van der Waals surface area contributed by atoms with Crippen molar-refractivity contribution in [2.24, 2.45) is 5.92 Å². The van der Waals surface area contributed by atoms with E-state index in [9.17, 15) is 9.59 Å². The van der Waals surface area contributed by atoms with Crippen molar-refractivity contribution < 1.29 is 9.59 Å². The van der Waals surface area contributed by atoms with Gasteiger partial charge in [-0.25, -0.2) is 0 Å². The lowest BCUT2D eigenvalue weighted by Gasteiger charge is -2.37. The Bertz CT molecular complexity index is 531. The number of nitrogens with one attached hydrogen (secondary N) is 1. The summed E-state index contributed by atoms with van der Waals surface area (Å²) in [5, 5.41) is 3.38. The van der Waals surface area contributed by atoms with Crippen LogP contribution in [-0.2, 0) is 9.59 Å². The molecule has 0 saturated carbocycles. The van der Waals surface area contributed by atoms with Crippen LogP contribution in [0.25, 0.3) is 0 Å². The highest BCUT2D eigenvalue weighted by Gasteiger charge is 2.37. The molecule has 0 radical (unpaired) electrons. The lowest BCUT2D eigenvalue weighted by atomic mass is 9.98. The van der Waals surface area contributed by atoms with E-state index in [1.807, 2.05) is 13.8 Å². The molecule has 1 saturated heterocycles. The summed E-state index contributed by atoms with van der Waals surface area (Å²) < 4.78 is 0. The van der Waals surface area contributed by atoms with Gasteiger partial charge in [0.2, 0.25) is 11.8 Å². The quantitative estimate of drug-likeness (QED) is 0.912. The van der Waals surface area contributed by atoms with Crippen LogP contribution in [0.1, 0.15) is 13.8 Å². The lowest BCUT2D eigenvalue weighted by molar-refractivity contribution is -0.131. The molecular weight excluding hydrogens is 287 g/mol. The highest BCUT2D eigenvalue weighted by molar-refractivity contribution is 6.42. The number of carbonyl (C=O) groups excluding carboxylic acids is 2. The fraction of sp³-hybridized carbons (Fsp3) is 0.385. The Morgan fingerprint density at radius 3 is 2.53 bits per heavy atom. The van der Waals surface area contributed by atoms with Gasteiger partial charge >= 0.3 is 0 Å². The maximum absolute atomic E-state index is 12.1. The monoisotopic (exact) mass is 300 g/mol. The van der Waals surface area contributed by atoms with Crippen molar-refractivity contribution >= 4 is 40.7 Å². The number of anilines is 1. The Labute approximate surface area is 121 Å². The van der Waals surface area contributed by atoms with Gasteiger partial charge in [0.15, 0.2) is 0 Å². The molecule has 6 heteroatoms. The third-order valence-corrected chi connectivity index (χ3v) is 3.78. The predicted octanol–water partition coefficient (Wildman–Crippen LogP) is 2.48. The molecule has 0 bridgehead atoms. The molecule has 1 atom stereocenters. The van der Waals surface area contributed by atoms with Crippen molar-refractivity contribution in [1.29, 1.82) is 0 Å². The molecule has 2 rings (SSSR count). The summed E-state index contributed by atoms with van der Waals surface area (Å²) in [6, 6.07) is 4.39. The number of benzene rings is 1. The third kappa shape index (κ3) is 2.69. The molecule has 1 aromatic rings. The van der Waals surface area contributed by atoms with Gasteiger partial charge in [0.25, 0.3) is 0 Å². The van der Waals surface area contributed by atoms with E-state index in [0.29, 0.717) is 15.7 Å². The minimum Gasteiger partial charge on any atom is -0.345 e. The first kappa shape index (κ1) is 14.2. The van der Waals surface area contributed by atoms with Gasteiger partial charge in [0.1, 0.15) is 6.04 Å². The Morgan fingerprint density at radius 1 is 1.26 bits per heavy atom. The third-order valence-electron chi connectivity index (χ3n) is 3.04. The number of rotatable bonds is 2. The van der Waals surface area contributed by atoms with Crippen LogP contribution in [-0.4, -0.2) is 24.4 Å². The Morgan fingerprint density at radius 2 is 1.95 bits per heavy atom. The van der Waals surface area contributed by atoms with Crippen molar-refractivity contribution in [2.45, 2.75) is 19.9 Å². The fourth-order valence-corrected chi connectivity index (χ4v) is 2.46. The van der Waals surface area contributed by atoms with Crippen LogP contribution >= 0.6 is 23.2 Å². The van der Waals surface area contributed by atoms with Crippen LogP contribution in [0.3, 0.4) is 0 Å². The molecule has 1 fully saturated rings. The molecule has 0 spiro atoms. The van der Waals surface area contributed by atoms with Gasteiger partial charge in [-0.05, 0) is 24.1 Å². The summed E-state index contributed by atoms with van der Waals surface area (Å²) >= 11 is 11.8. The number of hydrogen-bond donors (Lipinski definition) is 1. The van der Waals surface area contributed by atoms with E-state index in [4.69, 9.17) is 23.2 Å². The van der Waals surface area contributed by atoms with Gasteiger partial charge < -0.3 is 5.32 Å². The van der Waals surface area contributed by atoms with Gasteiger partial charge in [-0.1, -0.05) is 37.0 Å². The summed E-state index contributed by atoms with van der Waals surface area (Å²) in [5.41, 5.74) is 0.591.